The molecule has 19 heavy (non-hydrogen) atoms. The number of nitrogens with zero attached hydrogens (tertiary/aromatic N) is 2. The molecule has 1 unspecified atom stereocenters. The zero-order chi connectivity index (χ0) is 13.3. The van der Waals surface area contributed by atoms with Gasteiger partial charge in [-0.1, -0.05) is 0 Å². The van der Waals surface area contributed by atoms with Gasteiger partial charge in [0, 0.05) is 25.8 Å². The molecule has 3 heterocycles. The van der Waals surface area contributed by atoms with E-state index in [1.165, 1.54) is 12.4 Å². The van der Waals surface area contributed by atoms with E-state index in [4.69, 9.17) is 0 Å². The maximum Gasteiger partial charge on any atom is 0.246 e. The number of rotatable bonds is 2. The van der Waals surface area contributed by atoms with Crippen molar-refractivity contribution in [2.75, 3.05) is 26.2 Å². The maximum atomic E-state index is 12.5. The molecule has 0 aliphatic carbocycles. The van der Waals surface area contributed by atoms with Crippen LogP contribution in [-0.2, 0) is 10.0 Å². The molecule has 2 fully saturated rings. The van der Waals surface area contributed by atoms with Crippen LogP contribution in [0.3, 0.4) is 0 Å². The van der Waals surface area contributed by atoms with Crippen LogP contribution in [0.5, 0.6) is 0 Å². The molecule has 7 heteroatoms. The fraction of sp³-hybridized carbons (Fsp3) is 0.750. The molecular formula is C12H20N4O2S. The summed E-state index contributed by atoms with van der Waals surface area (Å²) >= 11 is 0. The van der Waals surface area contributed by atoms with E-state index in [0.717, 1.165) is 38.8 Å². The van der Waals surface area contributed by atoms with Crippen molar-refractivity contribution in [2.24, 2.45) is 5.41 Å². The zero-order valence-electron chi connectivity index (χ0n) is 10.9. The average molecular weight is 284 g/mol. The molecular weight excluding hydrogens is 264 g/mol. The Hall–Kier alpha value is -0.920. The van der Waals surface area contributed by atoms with Gasteiger partial charge in [-0.15, -0.1) is 0 Å². The second-order valence-corrected chi connectivity index (χ2v) is 7.59. The van der Waals surface area contributed by atoms with Crippen LogP contribution in [0.25, 0.3) is 0 Å². The standard InChI is InChI=1S/C12H20N4O2S/c17-19(18,11-7-14-15-8-11)16-6-2-4-12(10-16)3-1-5-13-9-12/h7-8,13H,1-6,9-10H2,(H,14,15). The molecule has 1 atom stereocenters. The van der Waals surface area contributed by atoms with Crippen molar-refractivity contribution in [2.45, 2.75) is 30.6 Å². The molecule has 2 aliphatic rings. The van der Waals surface area contributed by atoms with E-state index in [1.807, 2.05) is 0 Å². The van der Waals surface area contributed by atoms with Crippen LogP contribution in [0.4, 0.5) is 0 Å². The summed E-state index contributed by atoms with van der Waals surface area (Å²) in [5.41, 5.74) is 0.132. The van der Waals surface area contributed by atoms with E-state index in [0.29, 0.717) is 13.1 Å². The lowest BCUT2D eigenvalue weighted by molar-refractivity contribution is 0.110. The first-order valence-corrected chi connectivity index (χ1v) is 8.26. The second kappa shape index (κ2) is 4.88. The summed E-state index contributed by atoms with van der Waals surface area (Å²) in [5.74, 6) is 0. The molecule has 0 aromatic carbocycles. The van der Waals surface area contributed by atoms with Crippen LogP contribution < -0.4 is 5.32 Å². The van der Waals surface area contributed by atoms with Crippen LogP contribution >= 0.6 is 0 Å². The second-order valence-electron chi connectivity index (χ2n) is 5.66. The van der Waals surface area contributed by atoms with Crippen molar-refractivity contribution < 1.29 is 8.42 Å². The van der Waals surface area contributed by atoms with Crippen LogP contribution in [0.2, 0.25) is 0 Å². The third-order valence-corrected chi connectivity index (χ3v) is 6.11. The Morgan fingerprint density at radius 1 is 1.32 bits per heavy atom. The molecule has 2 aliphatic heterocycles. The Kier molecular flexibility index (Phi) is 3.36. The van der Waals surface area contributed by atoms with E-state index < -0.39 is 10.0 Å². The Balaban J connectivity index is 1.82. The summed E-state index contributed by atoms with van der Waals surface area (Å²) in [6.07, 6.45) is 7.17. The number of aromatic nitrogens is 2. The van der Waals surface area contributed by atoms with Crippen LogP contribution in [0.1, 0.15) is 25.7 Å². The maximum absolute atomic E-state index is 12.5. The fourth-order valence-corrected chi connectivity index (χ4v) is 4.77. The number of H-pyrrole nitrogens is 1. The number of piperidine rings is 2. The number of hydrogen-bond acceptors (Lipinski definition) is 4. The smallest absolute Gasteiger partial charge is 0.246 e. The highest BCUT2D eigenvalue weighted by molar-refractivity contribution is 7.89. The minimum Gasteiger partial charge on any atom is -0.316 e. The fourth-order valence-electron chi connectivity index (χ4n) is 3.28. The van der Waals surface area contributed by atoms with Gasteiger partial charge in [-0.05, 0) is 37.6 Å². The predicted molar refractivity (Wildman–Crippen MR) is 71.1 cm³/mol. The van der Waals surface area contributed by atoms with Gasteiger partial charge in [0.1, 0.15) is 4.90 Å². The van der Waals surface area contributed by atoms with Gasteiger partial charge in [0.2, 0.25) is 10.0 Å². The number of aromatic amines is 1. The first-order valence-electron chi connectivity index (χ1n) is 6.82. The first-order chi connectivity index (χ1) is 9.12. The molecule has 0 amide bonds. The van der Waals surface area contributed by atoms with Crippen molar-refractivity contribution >= 4 is 10.0 Å². The highest BCUT2D eigenvalue weighted by Crippen LogP contribution is 2.37. The Morgan fingerprint density at radius 3 is 2.84 bits per heavy atom. The molecule has 1 spiro atoms. The van der Waals surface area contributed by atoms with Gasteiger partial charge in [0.05, 0.1) is 6.20 Å². The first kappa shape index (κ1) is 13.1. The van der Waals surface area contributed by atoms with E-state index in [1.54, 1.807) is 4.31 Å². The quantitative estimate of drug-likeness (QED) is 0.832. The van der Waals surface area contributed by atoms with Crippen molar-refractivity contribution in [1.82, 2.24) is 19.8 Å². The topological polar surface area (TPSA) is 78.1 Å². The number of sulfonamides is 1. The molecule has 0 radical (unpaired) electrons. The molecule has 106 valence electrons. The van der Waals surface area contributed by atoms with E-state index >= 15 is 0 Å². The highest BCUT2D eigenvalue weighted by atomic mass is 32.2. The lowest BCUT2D eigenvalue weighted by Crippen LogP contribution is -2.52. The zero-order valence-corrected chi connectivity index (χ0v) is 11.7. The summed E-state index contributed by atoms with van der Waals surface area (Å²) < 4.78 is 26.7. The van der Waals surface area contributed by atoms with Gasteiger partial charge in [0.25, 0.3) is 0 Å². The normalized spacial score (nSPS) is 29.7. The lowest BCUT2D eigenvalue weighted by Gasteiger charge is -2.44. The van der Waals surface area contributed by atoms with E-state index in [2.05, 4.69) is 15.5 Å². The molecule has 6 nitrogen and oxygen atoms in total. The predicted octanol–water partition coefficient (Wildman–Crippen LogP) is 0.564. The summed E-state index contributed by atoms with van der Waals surface area (Å²) in [7, 11) is -3.38. The molecule has 3 rings (SSSR count). The van der Waals surface area contributed by atoms with Gasteiger partial charge in [-0.25, -0.2) is 8.42 Å². The molecule has 0 saturated carbocycles. The minimum atomic E-state index is -3.38. The Bertz CT molecular complexity index is 514. The average Bonchev–Trinajstić information content (AvgIpc) is 2.94. The molecule has 2 saturated heterocycles. The molecule has 0 bridgehead atoms. The molecule has 1 aromatic rings. The Morgan fingerprint density at radius 2 is 2.16 bits per heavy atom. The van der Waals surface area contributed by atoms with Crippen LogP contribution in [-0.4, -0.2) is 49.1 Å². The van der Waals surface area contributed by atoms with Crippen molar-refractivity contribution in [1.29, 1.82) is 0 Å². The van der Waals surface area contributed by atoms with E-state index in [-0.39, 0.29) is 10.3 Å². The largest absolute Gasteiger partial charge is 0.316 e. The third kappa shape index (κ3) is 2.42. The van der Waals surface area contributed by atoms with Gasteiger partial charge >= 0.3 is 0 Å². The lowest BCUT2D eigenvalue weighted by atomic mass is 9.75. The van der Waals surface area contributed by atoms with Crippen LogP contribution in [0, 0.1) is 5.41 Å². The van der Waals surface area contributed by atoms with E-state index in [9.17, 15) is 8.42 Å². The summed E-state index contributed by atoms with van der Waals surface area (Å²) in [5, 5.41) is 9.73. The van der Waals surface area contributed by atoms with Crippen molar-refractivity contribution in [3.63, 3.8) is 0 Å². The van der Waals surface area contributed by atoms with Crippen molar-refractivity contribution in [3.8, 4) is 0 Å². The van der Waals surface area contributed by atoms with Gasteiger partial charge in [0.15, 0.2) is 0 Å². The minimum absolute atomic E-state index is 0.132. The van der Waals surface area contributed by atoms with Gasteiger partial charge in [-0.3, -0.25) is 5.10 Å². The monoisotopic (exact) mass is 284 g/mol. The molecule has 2 N–H and O–H groups in total. The van der Waals surface area contributed by atoms with Crippen LogP contribution in [0.15, 0.2) is 17.3 Å². The molecule has 1 aromatic heterocycles. The third-order valence-electron chi connectivity index (χ3n) is 4.30. The highest BCUT2D eigenvalue weighted by Gasteiger charge is 2.40. The van der Waals surface area contributed by atoms with Crippen molar-refractivity contribution in [3.05, 3.63) is 12.4 Å². The number of nitrogens with one attached hydrogen (secondary N) is 2. The van der Waals surface area contributed by atoms with Gasteiger partial charge < -0.3 is 5.32 Å². The summed E-state index contributed by atoms with van der Waals surface area (Å²) in [6.45, 7) is 3.24. The number of hydrogen-bond donors (Lipinski definition) is 2. The van der Waals surface area contributed by atoms with Gasteiger partial charge in [-0.2, -0.15) is 9.40 Å². The summed E-state index contributed by atoms with van der Waals surface area (Å²) in [4.78, 5) is 0.272. The summed E-state index contributed by atoms with van der Waals surface area (Å²) in [6, 6.07) is 0. The SMILES string of the molecule is O=S(=O)(c1cn[nH]c1)N1CCCC2(CCCNC2)C1. The Labute approximate surface area is 113 Å².